The molecular weight excluding hydrogens is 248 g/mol. The SMILES string of the molecule is CC1(C)CCC(NC(=O)CNCC2CC2)CC1.Cl. The molecule has 4 heteroatoms. The summed E-state index contributed by atoms with van der Waals surface area (Å²) in [6, 6.07) is 0.415. The van der Waals surface area contributed by atoms with Gasteiger partial charge in [-0.3, -0.25) is 4.79 Å². The molecule has 0 saturated heterocycles. The van der Waals surface area contributed by atoms with Crippen LogP contribution in [0.1, 0.15) is 52.4 Å². The zero-order valence-corrected chi connectivity index (χ0v) is 12.4. The van der Waals surface area contributed by atoms with E-state index >= 15 is 0 Å². The monoisotopic (exact) mass is 274 g/mol. The van der Waals surface area contributed by atoms with Crippen molar-refractivity contribution in [1.29, 1.82) is 0 Å². The number of rotatable bonds is 5. The Labute approximate surface area is 117 Å². The average molecular weight is 275 g/mol. The molecule has 3 nitrogen and oxygen atoms in total. The Kier molecular flexibility index (Phi) is 5.93. The van der Waals surface area contributed by atoms with Crippen molar-refractivity contribution in [1.82, 2.24) is 10.6 Å². The van der Waals surface area contributed by atoms with Crippen LogP contribution in [0.3, 0.4) is 0 Å². The molecule has 0 aromatic rings. The Morgan fingerprint density at radius 2 is 1.78 bits per heavy atom. The van der Waals surface area contributed by atoms with Gasteiger partial charge >= 0.3 is 0 Å². The van der Waals surface area contributed by atoms with Crippen molar-refractivity contribution < 1.29 is 4.79 Å². The van der Waals surface area contributed by atoms with E-state index in [0.29, 0.717) is 18.0 Å². The van der Waals surface area contributed by atoms with Gasteiger partial charge in [-0.1, -0.05) is 13.8 Å². The van der Waals surface area contributed by atoms with Crippen LogP contribution in [0.2, 0.25) is 0 Å². The van der Waals surface area contributed by atoms with Gasteiger partial charge in [0.25, 0.3) is 0 Å². The van der Waals surface area contributed by atoms with Crippen LogP contribution in [-0.4, -0.2) is 25.0 Å². The molecule has 0 aromatic carbocycles. The first-order valence-corrected chi connectivity index (χ1v) is 7.05. The van der Waals surface area contributed by atoms with Crippen molar-refractivity contribution in [3.63, 3.8) is 0 Å². The van der Waals surface area contributed by atoms with Crippen LogP contribution in [0.5, 0.6) is 0 Å². The lowest BCUT2D eigenvalue weighted by Gasteiger charge is -2.34. The summed E-state index contributed by atoms with van der Waals surface area (Å²) in [5.74, 6) is 1.02. The molecule has 2 saturated carbocycles. The van der Waals surface area contributed by atoms with Crippen LogP contribution < -0.4 is 10.6 Å². The maximum atomic E-state index is 11.7. The van der Waals surface area contributed by atoms with E-state index < -0.39 is 0 Å². The van der Waals surface area contributed by atoms with E-state index in [9.17, 15) is 4.79 Å². The van der Waals surface area contributed by atoms with E-state index in [1.54, 1.807) is 0 Å². The van der Waals surface area contributed by atoms with Crippen LogP contribution in [0, 0.1) is 11.3 Å². The fourth-order valence-corrected chi connectivity index (χ4v) is 2.53. The van der Waals surface area contributed by atoms with Gasteiger partial charge in [0.1, 0.15) is 0 Å². The third-order valence-electron chi connectivity index (χ3n) is 4.12. The highest BCUT2D eigenvalue weighted by molar-refractivity contribution is 5.85. The Morgan fingerprint density at radius 1 is 1.17 bits per heavy atom. The summed E-state index contributed by atoms with van der Waals surface area (Å²) >= 11 is 0. The second-order valence-corrected chi connectivity index (χ2v) is 6.58. The quantitative estimate of drug-likeness (QED) is 0.809. The van der Waals surface area contributed by atoms with Gasteiger partial charge in [-0.25, -0.2) is 0 Å². The predicted molar refractivity (Wildman–Crippen MR) is 77.0 cm³/mol. The van der Waals surface area contributed by atoms with E-state index in [4.69, 9.17) is 0 Å². The molecule has 0 aliphatic heterocycles. The van der Waals surface area contributed by atoms with Gasteiger partial charge in [0.15, 0.2) is 0 Å². The summed E-state index contributed by atoms with van der Waals surface area (Å²) in [7, 11) is 0. The fourth-order valence-electron chi connectivity index (χ4n) is 2.53. The van der Waals surface area contributed by atoms with Crippen LogP contribution in [0.25, 0.3) is 0 Å². The maximum Gasteiger partial charge on any atom is 0.234 e. The molecule has 0 bridgehead atoms. The van der Waals surface area contributed by atoms with Crippen molar-refractivity contribution in [3.8, 4) is 0 Å². The molecule has 0 heterocycles. The number of nitrogens with one attached hydrogen (secondary N) is 2. The molecule has 18 heavy (non-hydrogen) atoms. The van der Waals surface area contributed by atoms with Crippen molar-refractivity contribution in [3.05, 3.63) is 0 Å². The smallest absolute Gasteiger partial charge is 0.234 e. The van der Waals surface area contributed by atoms with E-state index in [1.807, 2.05) is 0 Å². The summed E-state index contributed by atoms with van der Waals surface area (Å²) in [4.78, 5) is 11.7. The highest BCUT2D eigenvalue weighted by Crippen LogP contribution is 2.34. The van der Waals surface area contributed by atoms with Crippen molar-refractivity contribution in [2.24, 2.45) is 11.3 Å². The summed E-state index contributed by atoms with van der Waals surface area (Å²) < 4.78 is 0. The van der Waals surface area contributed by atoms with Gasteiger partial charge in [0.2, 0.25) is 5.91 Å². The predicted octanol–water partition coefficient (Wildman–Crippen LogP) is 2.49. The first-order valence-electron chi connectivity index (χ1n) is 7.05. The Hall–Kier alpha value is -0.280. The van der Waals surface area contributed by atoms with Gasteiger partial charge in [-0.2, -0.15) is 0 Å². The summed E-state index contributed by atoms with van der Waals surface area (Å²) in [5.41, 5.74) is 0.478. The molecule has 106 valence electrons. The first-order chi connectivity index (χ1) is 8.05. The molecule has 2 fully saturated rings. The molecule has 0 aromatic heterocycles. The van der Waals surface area contributed by atoms with Gasteiger partial charge in [0, 0.05) is 6.04 Å². The second kappa shape index (κ2) is 6.76. The lowest BCUT2D eigenvalue weighted by atomic mass is 9.75. The lowest BCUT2D eigenvalue weighted by molar-refractivity contribution is -0.121. The largest absolute Gasteiger partial charge is 0.352 e. The summed E-state index contributed by atoms with van der Waals surface area (Å²) in [6.07, 6.45) is 7.42. The zero-order valence-electron chi connectivity index (χ0n) is 11.6. The minimum Gasteiger partial charge on any atom is -0.352 e. The molecule has 2 N–H and O–H groups in total. The Bertz CT molecular complexity index is 267. The molecule has 2 aliphatic carbocycles. The normalized spacial score (nSPS) is 23.2. The zero-order chi connectivity index (χ0) is 12.3. The Morgan fingerprint density at radius 3 is 2.33 bits per heavy atom. The van der Waals surface area contributed by atoms with E-state index in [0.717, 1.165) is 25.3 Å². The molecule has 0 radical (unpaired) electrons. The second-order valence-electron chi connectivity index (χ2n) is 6.58. The van der Waals surface area contributed by atoms with Crippen molar-refractivity contribution in [2.45, 2.75) is 58.4 Å². The van der Waals surface area contributed by atoms with Gasteiger partial charge < -0.3 is 10.6 Å². The number of carbonyl (C=O) groups excluding carboxylic acids is 1. The standard InChI is InChI=1S/C14H26N2O.ClH/c1-14(2)7-5-12(6-8-14)16-13(17)10-15-9-11-3-4-11;/h11-12,15H,3-10H2,1-2H3,(H,16,17);1H. The number of amides is 1. The molecule has 2 rings (SSSR count). The third-order valence-corrected chi connectivity index (χ3v) is 4.12. The van der Waals surface area contributed by atoms with Crippen molar-refractivity contribution in [2.75, 3.05) is 13.1 Å². The van der Waals surface area contributed by atoms with Gasteiger partial charge in [-0.15, -0.1) is 12.4 Å². The third kappa shape index (κ3) is 5.57. The molecule has 0 atom stereocenters. The van der Waals surface area contributed by atoms with E-state index in [-0.39, 0.29) is 18.3 Å². The minimum absolute atomic E-state index is 0. The van der Waals surface area contributed by atoms with E-state index in [1.165, 1.54) is 25.7 Å². The van der Waals surface area contributed by atoms with Crippen LogP contribution in [0.15, 0.2) is 0 Å². The number of hydrogen-bond acceptors (Lipinski definition) is 2. The highest BCUT2D eigenvalue weighted by Gasteiger charge is 2.27. The summed E-state index contributed by atoms with van der Waals surface area (Å²) in [6.45, 7) is 6.16. The number of hydrogen-bond donors (Lipinski definition) is 2. The molecular formula is C14H27ClN2O. The minimum atomic E-state index is 0. The van der Waals surface area contributed by atoms with Crippen LogP contribution >= 0.6 is 12.4 Å². The number of carbonyl (C=O) groups is 1. The highest BCUT2D eigenvalue weighted by atomic mass is 35.5. The van der Waals surface area contributed by atoms with Crippen molar-refractivity contribution >= 4 is 18.3 Å². The molecule has 2 aliphatic rings. The fraction of sp³-hybridized carbons (Fsp3) is 0.929. The first kappa shape index (κ1) is 15.8. The van der Waals surface area contributed by atoms with Gasteiger partial charge in [0.05, 0.1) is 6.54 Å². The topological polar surface area (TPSA) is 41.1 Å². The van der Waals surface area contributed by atoms with Crippen LogP contribution in [-0.2, 0) is 4.79 Å². The maximum absolute atomic E-state index is 11.7. The van der Waals surface area contributed by atoms with Gasteiger partial charge in [-0.05, 0) is 56.4 Å². The van der Waals surface area contributed by atoms with Crippen LogP contribution in [0.4, 0.5) is 0 Å². The lowest BCUT2D eigenvalue weighted by Crippen LogP contribution is -2.43. The molecule has 0 spiro atoms. The summed E-state index contributed by atoms with van der Waals surface area (Å²) in [5, 5.41) is 6.39. The Balaban J connectivity index is 0.00000162. The van der Waals surface area contributed by atoms with E-state index in [2.05, 4.69) is 24.5 Å². The molecule has 1 amide bonds. The number of halogens is 1. The molecule has 0 unspecified atom stereocenters. The average Bonchev–Trinajstić information content (AvgIpc) is 3.05.